The van der Waals surface area contributed by atoms with Crippen molar-refractivity contribution in [3.05, 3.63) is 62.0 Å². The number of ether oxygens (including phenoxy) is 1. The summed E-state index contributed by atoms with van der Waals surface area (Å²) in [6.45, 7) is 3.28. The molecule has 0 spiro atoms. The Balaban J connectivity index is 1.70. The standard InChI is InChI=1S/C23H25Br2NO3/c1-2-26(14-21(28)15-6-5-8-19(27)12-15)23-9-4-3-7-17(23)10-16-11-18(24)13-20(25)22(16)29-23/h5-6,8,10-13,21,27-28H,2-4,7,9,14H2,1H3. The summed E-state index contributed by atoms with van der Waals surface area (Å²) in [5.74, 6) is 1.02. The molecule has 1 saturated carbocycles. The molecule has 1 aliphatic carbocycles. The van der Waals surface area contributed by atoms with Gasteiger partial charge in [0.15, 0.2) is 5.72 Å². The van der Waals surface area contributed by atoms with Crippen molar-refractivity contribution in [3.8, 4) is 11.5 Å². The van der Waals surface area contributed by atoms with E-state index in [0.29, 0.717) is 12.1 Å². The number of rotatable bonds is 5. The zero-order chi connectivity index (χ0) is 20.6. The number of aromatic hydroxyl groups is 1. The number of halogens is 2. The molecule has 1 heterocycles. The Morgan fingerprint density at radius 1 is 1.21 bits per heavy atom. The highest BCUT2D eigenvalue weighted by molar-refractivity contribution is 9.11. The molecule has 2 aromatic rings. The zero-order valence-corrected chi connectivity index (χ0v) is 19.5. The first-order valence-electron chi connectivity index (χ1n) is 10.0. The van der Waals surface area contributed by atoms with Gasteiger partial charge in [-0.3, -0.25) is 4.90 Å². The predicted octanol–water partition coefficient (Wildman–Crippen LogP) is 6.02. The van der Waals surface area contributed by atoms with Crippen molar-refractivity contribution >= 4 is 37.9 Å². The lowest BCUT2D eigenvalue weighted by atomic mass is 9.82. The number of likely N-dealkylation sites (N-methyl/N-ethyl adjacent to an activating group) is 1. The molecule has 154 valence electrons. The Labute approximate surface area is 188 Å². The van der Waals surface area contributed by atoms with Crippen LogP contribution in [0.1, 0.15) is 49.8 Å². The van der Waals surface area contributed by atoms with Gasteiger partial charge >= 0.3 is 0 Å². The molecule has 0 saturated heterocycles. The quantitative estimate of drug-likeness (QED) is 0.504. The van der Waals surface area contributed by atoms with E-state index in [4.69, 9.17) is 4.74 Å². The monoisotopic (exact) mass is 521 g/mol. The Bertz CT molecular complexity index is 946. The molecule has 6 heteroatoms. The summed E-state index contributed by atoms with van der Waals surface area (Å²) >= 11 is 7.23. The van der Waals surface area contributed by atoms with Gasteiger partial charge in [-0.05, 0) is 83.2 Å². The van der Waals surface area contributed by atoms with Crippen molar-refractivity contribution in [1.29, 1.82) is 0 Å². The summed E-state index contributed by atoms with van der Waals surface area (Å²) in [4.78, 5) is 2.24. The lowest BCUT2D eigenvalue weighted by Crippen LogP contribution is -2.57. The second-order valence-corrected chi connectivity index (χ2v) is 9.49. The van der Waals surface area contributed by atoms with Gasteiger partial charge in [0, 0.05) is 23.0 Å². The van der Waals surface area contributed by atoms with Gasteiger partial charge < -0.3 is 14.9 Å². The molecular formula is C23H25Br2NO3. The highest BCUT2D eigenvalue weighted by Crippen LogP contribution is 2.48. The molecule has 2 aromatic carbocycles. The summed E-state index contributed by atoms with van der Waals surface area (Å²) in [5, 5.41) is 20.7. The van der Waals surface area contributed by atoms with E-state index in [1.807, 2.05) is 12.1 Å². The molecule has 2 atom stereocenters. The van der Waals surface area contributed by atoms with Crippen molar-refractivity contribution in [2.24, 2.45) is 0 Å². The van der Waals surface area contributed by atoms with Crippen LogP contribution >= 0.6 is 31.9 Å². The average molecular weight is 523 g/mol. The summed E-state index contributed by atoms with van der Waals surface area (Å²) in [6.07, 6.45) is 5.66. The Morgan fingerprint density at radius 2 is 2.03 bits per heavy atom. The van der Waals surface area contributed by atoms with Crippen LogP contribution in [-0.2, 0) is 0 Å². The number of aliphatic hydroxyl groups excluding tert-OH is 1. The molecule has 0 amide bonds. The normalized spacial score (nSPS) is 21.8. The lowest BCUT2D eigenvalue weighted by Gasteiger charge is -2.50. The van der Waals surface area contributed by atoms with Crippen LogP contribution in [0.25, 0.3) is 6.08 Å². The zero-order valence-electron chi connectivity index (χ0n) is 16.4. The van der Waals surface area contributed by atoms with Crippen molar-refractivity contribution < 1.29 is 14.9 Å². The van der Waals surface area contributed by atoms with Crippen molar-refractivity contribution in [1.82, 2.24) is 4.90 Å². The average Bonchev–Trinajstić information content (AvgIpc) is 2.70. The molecular weight excluding hydrogens is 498 g/mol. The van der Waals surface area contributed by atoms with Crippen molar-refractivity contribution in [2.75, 3.05) is 13.1 Å². The summed E-state index contributed by atoms with van der Waals surface area (Å²) in [7, 11) is 0. The van der Waals surface area contributed by atoms with Crippen LogP contribution in [-0.4, -0.2) is 33.9 Å². The van der Waals surface area contributed by atoms with Crippen LogP contribution in [0.4, 0.5) is 0 Å². The maximum absolute atomic E-state index is 10.9. The molecule has 29 heavy (non-hydrogen) atoms. The molecule has 2 N–H and O–H groups in total. The van der Waals surface area contributed by atoms with Gasteiger partial charge in [-0.15, -0.1) is 0 Å². The molecule has 4 nitrogen and oxygen atoms in total. The van der Waals surface area contributed by atoms with Crippen LogP contribution in [0.5, 0.6) is 11.5 Å². The third-order valence-electron chi connectivity index (χ3n) is 5.89. The van der Waals surface area contributed by atoms with Crippen LogP contribution in [0.3, 0.4) is 0 Å². The third-order valence-corrected chi connectivity index (χ3v) is 6.94. The molecule has 0 bridgehead atoms. The smallest absolute Gasteiger partial charge is 0.186 e. The predicted molar refractivity (Wildman–Crippen MR) is 122 cm³/mol. The van der Waals surface area contributed by atoms with E-state index in [-0.39, 0.29) is 5.75 Å². The van der Waals surface area contributed by atoms with E-state index in [1.54, 1.807) is 18.2 Å². The minimum Gasteiger partial charge on any atom is -0.508 e. The highest BCUT2D eigenvalue weighted by atomic mass is 79.9. The SMILES string of the molecule is CCN(CC(O)c1cccc(O)c1)C12CCCCC1=Cc1cc(Br)cc(Br)c1O2. The van der Waals surface area contributed by atoms with Crippen molar-refractivity contribution in [2.45, 2.75) is 44.4 Å². The molecule has 1 fully saturated rings. The van der Waals surface area contributed by atoms with Crippen LogP contribution in [0, 0.1) is 0 Å². The van der Waals surface area contributed by atoms with E-state index < -0.39 is 11.8 Å². The van der Waals surface area contributed by atoms with Gasteiger partial charge in [-0.25, -0.2) is 0 Å². The summed E-state index contributed by atoms with van der Waals surface area (Å²) < 4.78 is 8.69. The molecule has 1 aliphatic heterocycles. The minimum absolute atomic E-state index is 0.165. The Hall–Kier alpha value is -1.34. The number of phenols is 1. The first-order valence-corrected chi connectivity index (χ1v) is 11.6. The Morgan fingerprint density at radius 3 is 2.79 bits per heavy atom. The van der Waals surface area contributed by atoms with Gasteiger partial charge in [0.2, 0.25) is 0 Å². The number of fused-ring (bicyclic) bond motifs is 2. The second-order valence-electron chi connectivity index (χ2n) is 7.72. The highest BCUT2D eigenvalue weighted by Gasteiger charge is 2.46. The number of nitrogens with zero attached hydrogens (tertiary/aromatic N) is 1. The van der Waals surface area contributed by atoms with Crippen LogP contribution < -0.4 is 4.74 Å². The van der Waals surface area contributed by atoms with Gasteiger partial charge in [0.1, 0.15) is 11.5 Å². The number of hydrogen-bond donors (Lipinski definition) is 2. The molecule has 2 aliphatic rings. The molecule has 0 radical (unpaired) electrons. The van der Waals surface area contributed by atoms with E-state index in [1.165, 1.54) is 5.57 Å². The second kappa shape index (κ2) is 8.42. The van der Waals surface area contributed by atoms with E-state index in [2.05, 4.69) is 55.8 Å². The van der Waals surface area contributed by atoms with Crippen LogP contribution in [0.2, 0.25) is 0 Å². The number of benzene rings is 2. The molecule has 4 rings (SSSR count). The van der Waals surface area contributed by atoms with Gasteiger partial charge in [-0.1, -0.05) is 35.0 Å². The third kappa shape index (κ3) is 4.00. The van der Waals surface area contributed by atoms with Crippen LogP contribution in [0.15, 0.2) is 50.9 Å². The lowest BCUT2D eigenvalue weighted by molar-refractivity contribution is -0.0878. The fourth-order valence-electron chi connectivity index (χ4n) is 4.49. The van der Waals surface area contributed by atoms with Gasteiger partial charge in [-0.2, -0.15) is 0 Å². The molecule has 2 unspecified atom stereocenters. The number of phenolic OH excluding ortho intramolecular Hbond substituents is 1. The summed E-state index contributed by atoms with van der Waals surface area (Å²) in [6, 6.07) is 10.9. The minimum atomic E-state index is -0.710. The largest absolute Gasteiger partial charge is 0.508 e. The number of aliphatic hydroxyl groups is 1. The topological polar surface area (TPSA) is 52.9 Å². The van der Waals surface area contributed by atoms with E-state index >= 15 is 0 Å². The van der Waals surface area contributed by atoms with Crippen molar-refractivity contribution in [3.63, 3.8) is 0 Å². The molecule has 0 aromatic heterocycles. The fourth-order valence-corrected chi connectivity index (χ4v) is 5.83. The van der Waals surface area contributed by atoms with E-state index in [0.717, 1.165) is 52.5 Å². The van der Waals surface area contributed by atoms with Gasteiger partial charge in [0.25, 0.3) is 0 Å². The van der Waals surface area contributed by atoms with Gasteiger partial charge in [0.05, 0.1) is 10.6 Å². The first-order chi connectivity index (χ1) is 13.9. The maximum Gasteiger partial charge on any atom is 0.186 e. The maximum atomic E-state index is 10.9. The fraction of sp³-hybridized carbons (Fsp3) is 0.391. The Kier molecular flexibility index (Phi) is 6.07. The number of hydrogen-bond acceptors (Lipinski definition) is 4. The first kappa shape index (κ1) is 20.9. The summed E-state index contributed by atoms with van der Waals surface area (Å²) in [5.41, 5.74) is 2.51. The van der Waals surface area contributed by atoms with E-state index in [9.17, 15) is 10.2 Å².